The summed E-state index contributed by atoms with van der Waals surface area (Å²) in [7, 11) is 0. The Balaban J connectivity index is 1.26. The van der Waals surface area contributed by atoms with Gasteiger partial charge < -0.3 is 19.7 Å². The number of aliphatic hydroxyl groups excluding tert-OH is 1. The number of nitrogens with one attached hydrogen (secondary N) is 1. The van der Waals surface area contributed by atoms with Gasteiger partial charge in [-0.1, -0.05) is 12.1 Å². The van der Waals surface area contributed by atoms with Crippen LogP contribution >= 0.6 is 0 Å². The van der Waals surface area contributed by atoms with Crippen molar-refractivity contribution in [2.45, 2.75) is 57.3 Å². The third-order valence-electron chi connectivity index (χ3n) is 6.07. The summed E-state index contributed by atoms with van der Waals surface area (Å²) < 4.78 is 7.56. The van der Waals surface area contributed by atoms with Gasteiger partial charge in [-0.2, -0.15) is 0 Å². The highest BCUT2D eigenvalue weighted by atomic mass is 16.5. The zero-order valence-electron chi connectivity index (χ0n) is 16.5. The van der Waals surface area contributed by atoms with Crippen LogP contribution in [0.5, 0.6) is 0 Å². The lowest BCUT2D eigenvalue weighted by Crippen LogP contribution is -2.51. The van der Waals surface area contributed by atoms with Crippen LogP contribution in [-0.2, 0) is 16.1 Å². The first-order valence-corrected chi connectivity index (χ1v) is 10.3. The summed E-state index contributed by atoms with van der Waals surface area (Å²) in [4.78, 5) is 19.3. The molecule has 0 spiro atoms. The molecule has 1 saturated heterocycles. The number of benzene rings is 1. The molecular formula is C21H30N4O3. The number of fused-ring (bicyclic) bond motifs is 1. The van der Waals surface area contributed by atoms with Crippen LogP contribution in [-0.4, -0.2) is 70.0 Å². The van der Waals surface area contributed by atoms with Crippen molar-refractivity contribution in [1.29, 1.82) is 0 Å². The van der Waals surface area contributed by atoms with Crippen LogP contribution in [0.4, 0.5) is 0 Å². The molecule has 1 aromatic carbocycles. The molecule has 152 valence electrons. The van der Waals surface area contributed by atoms with Crippen LogP contribution in [0.3, 0.4) is 0 Å². The third kappa shape index (κ3) is 4.06. The van der Waals surface area contributed by atoms with Crippen LogP contribution in [0.15, 0.2) is 24.3 Å². The topological polar surface area (TPSA) is 79.6 Å². The second kappa shape index (κ2) is 8.59. The molecule has 1 saturated carbocycles. The maximum absolute atomic E-state index is 12.4. The number of nitrogens with zero attached hydrogens (tertiary/aromatic N) is 3. The van der Waals surface area contributed by atoms with E-state index in [9.17, 15) is 9.90 Å². The van der Waals surface area contributed by atoms with Gasteiger partial charge in [-0.15, -0.1) is 0 Å². The van der Waals surface area contributed by atoms with E-state index in [1.54, 1.807) is 0 Å². The van der Waals surface area contributed by atoms with E-state index < -0.39 is 6.10 Å². The Bertz CT molecular complexity index is 815. The molecule has 2 aromatic rings. The lowest BCUT2D eigenvalue weighted by atomic mass is 10.1. The molecule has 0 bridgehead atoms. The van der Waals surface area contributed by atoms with Crippen molar-refractivity contribution >= 4 is 16.9 Å². The molecule has 2 N–H and O–H groups in total. The molecule has 0 radical (unpaired) electrons. The molecule has 0 unspecified atom stereocenters. The molecule has 28 heavy (non-hydrogen) atoms. The summed E-state index contributed by atoms with van der Waals surface area (Å²) in [5.74, 6) is 0.995. The smallest absolute Gasteiger partial charge is 0.220 e. The fourth-order valence-electron chi connectivity index (χ4n) is 4.58. The van der Waals surface area contributed by atoms with Crippen LogP contribution in [0.1, 0.15) is 31.5 Å². The number of amides is 1. The Kier molecular flexibility index (Phi) is 5.94. The summed E-state index contributed by atoms with van der Waals surface area (Å²) in [6, 6.07) is 8.07. The summed E-state index contributed by atoms with van der Waals surface area (Å²) in [6.45, 7) is 5.94. The highest BCUT2D eigenvalue weighted by Crippen LogP contribution is 2.26. The largest absolute Gasteiger partial charge is 0.389 e. The van der Waals surface area contributed by atoms with Crippen molar-refractivity contribution in [2.24, 2.45) is 0 Å². The van der Waals surface area contributed by atoms with Gasteiger partial charge in [-0.25, -0.2) is 4.98 Å². The molecule has 1 aliphatic carbocycles. The number of ether oxygens (including phenoxy) is 1. The number of morpholine rings is 1. The first-order chi connectivity index (χ1) is 13.6. The highest BCUT2D eigenvalue weighted by Gasteiger charge is 2.39. The minimum atomic E-state index is -0.498. The summed E-state index contributed by atoms with van der Waals surface area (Å²) in [5.41, 5.74) is 2.10. The van der Waals surface area contributed by atoms with Gasteiger partial charge in [0, 0.05) is 32.1 Å². The molecule has 3 atom stereocenters. The van der Waals surface area contributed by atoms with Crippen molar-refractivity contribution in [2.75, 3.05) is 26.3 Å². The van der Waals surface area contributed by atoms with Crippen LogP contribution < -0.4 is 5.32 Å². The van der Waals surface area contributed by atoms with Gasteiger partial charge in [-0.3, -0.25) is 9.69 Å². The first kappa shape index (κ1) is 19.4. The SMILES string of the molecule is Cc1nc2ccccc2n1CCCC(=O)N[C@@H]1CC[C@@H](N2CCOCC2)[C@@H]1O. The van der Waals surface area contributed by atoms with E-state index >= 15 is 0 Å². The number of carbonyl (C=O) groups excluding carboxylic acids is 1. The van der Waals surface area contributed by atoms with Gasteiger partial charge in [0.05, 0.1) is 36.4 Å². The molecule has 2 fully saturated rings. The number of aryl methyl sites for hydroxylation is 2. The fourth-order valence-corrected chi connectivity index (χ4v) is 4.58. The number of imidazole rings is 1. The van der Waals surface area contributed by atoms with Gasteiger partial charge >= 0.3 is 0 Å². The minimum Gasteiger partial charge on any atom is -0.389 e. The van der Waals surface area contributed by atoms with Gasteiger partial charge in [0.2, 0.25) is 5.91 Å². The van der Waals surface area contributed by atoms with Crippen LogP contribution in [0.25, 0.3) is 11.0 Å². The maximum atomic E-state index is 12.4. The van der Waals surface area contributed by atoms with E-state index in [0.29, 0.717) is 6.42 Å². The molecule has 1 aromatic heterocycles. The molecule has 2 aliphatic rings. The van der Waals surface area contributed by atoms with Crippen LogP contribution in [0.2, 0.25) is 0 Å². The number of hydrogen-bond donors (Lipinski definition) is 2. The predicted octanol–water partition coefficient (Wildman–Crippen LogP) is 1.47. The van der Waals surface area contributed by atoms with Crippen molar-refractivity contribution in [3.05, 3.63) is 30.1 Å². The molecule has 1 aliphatic heterocycles. The Morgan fingerprint density at radius 1 is 1.29 bits per heavy atom. The first-order valence-electron chi connectivity index (χ1n) is 10.3. The molecular weight excluding hydrogens is 356 g/mol. The Morgan fingerprint density at radius 2 is 2.07 bits per heavy atom. The monoisotopic (exact) mass is 386 g/mol. The molecule has 7 heteroatoms. The number of carbonyl (C=O) groups is 1. The van der Waals surface area contributed by atoms with E-state index in [4.69, 9.17) is 4.74 Å². The zero-order chi connectivity index (χ0) is 19.5. The number of rotatable bonds is 6. The Hall–Kier alpha value is -1.96. The van der Waals surface area contributed by atoms with Gasteiger partial charge in [0.25, 0.3) is 0 Å². The lowest BCUT2D eigenvalue weighted by Gasteiger charge is -2.34. The van der Waals surface area contributed by atoms with Gasteiger partial charge in [0.15, 0.2) is 0 Å². The van der Waals surface area contributed by atoms with Gasteiger partial charge in [-0.05, 0) is 38.3 Å². The Labute approximate surface area is 165 Å². The molecule has 1 amide bonds. The molecule has 4 rings (SSSR count). The molecule has 2 heterocycles. The fraction of sp³-hybridized carbons (Fsp3) is 0.619. The zero-order valence-corrected chi connectivity index (χ0v) is 16.5. The second-order valence-corrected chi connectivity index (χ2v) is 7.86. The van der Waals surface area contributed by atoms with Gasteiger partial charge in [0.1, 0.15) is 5.82 Å². The second-order valence-electron chi connectivity index (χ2n) is 7.86. The van der Waals surface area contributed by atoms with Crippen molar-refractivity contribution in [1.82, 2.24) is 19.8 Å². The predicted molar refractivity (Wildman–Crippen MR) is 107 cm³/mol. The van der Waals surface area contributed by atoms with E-state index in [0.717, 1.165) is 69.0 Å². The highest BCUT2D eigenvalue weighted by molar-refractivity contribution is 5.77. The normalized spacial score (nSPS) is 26.0. The van der Waals surface area contributed by atoms with Crippen molar-refractivity contribution in [3.63, 3.8) is 0 Å². The number of aliphatic hydroxyl groups is 1. The summed E-state index contributed by atoms with van der Waals surface area (Å²) in [6.07, 6.45) is 2.47. The summed E-state index contributed by atoms with van der Waals surface area (Å²) in [5, 5.41) is 13.7. The lowest BCUT2D eigenvalue weighted by molar-refractivity contribution is -0.122. The third-order valence-corrected chi connectivity index (χ3v) is 6.07. The molecule has 7 nitrogen and oxygen atoms in total. The van der Waals surface area contributed by atoms with E-state index in [1.807, 2.05) is 25.1 Å². The quantitative estimate of drug-likeness (QED) is 0.786. The van der Waals surface area contributed by atoms with Crippen molar-refractivity contribution < 1.29 is 14.6 Å². The standard InChI is InChI=1S/C21H30N4O3/c1-15-22-16-5-2-3-6-18(16)25(15)10-4-7-20(26)23-17-8-9-19(21(17)27)24-11-13-28-14-12-24/h2-3,5-6,17,19,21,27H,4,7-14H2,1H3,(H,23,26)/t17-,19-,21-/m1/s1. The van der Waals surface area contributed by atoms with E-state index in [2.05, 4.69) is 25.8 Å². The minimum absolute atomic E-state index is 0.0220. The van der Waals surface area contributed by atoms with Crippen molar-refractivity contribution in [3.8, 4) is 0 Å². The average molecular weight is 386 g/mol. The summed E-state index contributed by atoms with van der Waals surface area (Å²) >= 11 is 0. The maximum Gasteiger partial charge on any atom is 0.220 e. The number of para-hydroxylation sites is 2. The number of hydrogen-bond acceptors (Lipinski definition) is 5. The number of aromatic nitrogens is 2. The van der Waals surface area contributed by atoms with Crippen LogP contribution in [0, 0.1) is 6.92 Å². The van der Waals surface area contributed by atoms with E-state index in [1.165, 1.54) is 0 Å². The average Bonchev–Trinajstić information content (AvgIpc) is 3.22. The van der Waals surface area contributed by atoms with E-state index in [-0.39, 0.29) is 18.0 Å². The Morgan fingerprint density at radius 3 is 2.89 bits per heavy atom.